The summed E-state index contributed by atoms with van der Waals surface area (Å²) in [7, 11) is -2.91. The van der Waals surface area contributed by atoms with E-state index in [2.05, 4.69) is 47.3 Å². The highest BCUT2D eigenvalue weighted by Crippen LogP contribution is 2.24. The molecule has 2 atom stereocenters. The molecular formula is C21H29N3O3S. The molecule has 0 bridgehead atoms. The third-order valence-electron chi connectivity index (χ3n) is 5.76. The lowest BCUT2D eigenvalue weighted by Gasteiger charge is -2.30. The second kappa shape index (κ2) is 7.97. The predicted octanol–water partition coefficient (Wildman–Crippen LogP) is 2.66. The topological polar surface area (TPSA) is 64.4 Å². The Kier molecular flexibility index (Phi) is 5.58. The van der Waals surface area contributed by atoms with Crippen LogP contribution >= 0.6 is 0 Å². The van der Waals surface area contributed by atoms with Crippen LogP contribution in [0.25, 0.3) is 5.69 Å². The Hall–Kier alpha value is -1.70. The number of nitrogens with zero attached hydrogens (tertiary/aromatic N) is 3. The average molecular weight is 404 g/mol. The molecule has 1 aromatic heterocycles. The molecule has 1 aromatic carbocycles. The van der Waals surface area contributed by atoms with Gasteiger partial charge in [-0.3, -0.25) is 4.90 Å². The van der Waals surface area contributed by atoms with Gasteiger partial charge in [-0.15, -0.1) is 0 Å². The van der Waals surface area contributed by atoms with Gasteiger partial charge < -0.3 is 4.74 Å². The van der Waals surface area contributed by atoms with Gasteiger partial charge in [0, 0.05) is 31.4 Å². The Morgan fingerprint density at radius 3 is 2.57 bits per heavy atom. The molecule has 2 saturated heterocycles. The summed E-state index contributed by atoms with van der Waals surface area (Å²) in [4.78, 5) is 2.32. The first-order valence-electron chi connectivity index (χ1n) is 10.1. The van der Waals surface area contributed by atoms with Crippen LogP contribution in [-0.2, 0) is 21.1 Å². The Bertz CT molecular complexity index is 915. The van der Waals surface area contributed by atoms with E-state index in [1.807, 2.05) is 11.6 Å². The van der Waals surface area contributed by atoms with E-state index in [0.29, 0.717) is 5.75 Å². The molecule has 0 radical (unpaired) electrons. The SMILES string of the molecule is Cc1cc(C)n(-c2ccc(CN(CC3CCCO3)C3CCS(=O)(=O)C3)cc2)n1. The number of ether oxygens (including phenoxy) is 1. The first-order chi connectivity index (χ1) is 13.4. The zero-order valence-electron chi connectivity index (χ0n) is 16.7. The number of hydrogen-bond donors (Lipinski definition) is 0. The average Bonchev–Trinajstić information content (AvgIpc) is 3.36. The van der Waals surface area contributed by atoms with Crippen molar-refractivity contribution < 1.29 is 13.2 Å². The molecule has 2 fully saturated rings. The predicted molar refractivity (Wildman–Crippen MR) is 109 cm³/mol. The number of aryl methyl sites for hydroxylation is 2. The lowest BCUT2D eigenvalue weighted by atomic mass is 10.1. The molecule has 3 heterocycles. The molecule has 0 spiro atoms. The molecule has 4 rings (SSSR count). The Labute approximate surface area is 167 Å². The van der Waals surface area contributed by atoms with Crippen LogP contribution in [0.15, 0.2) is 30.3 Å². The van der Waals surface area contributed by atoms with Gasteiger partial charge in [0.25, 0.3) is 0 Å². The van der Waals surface area contributed by atoms with Crippen molar-refractivity contribution >= 4 is 9.84 Å². The van der Waals surface area contributed by atoms with Gasteiger partial charge >= 0.3 is 0 Å². The van der Waals surface area contributed by atoms with Crippen LogP contribution in [0.4, 0.5) is 0 Å². The van der Waals surface area contributed by atoms with Crippen LogP contribution in [0.5, 0.6) is 0 Å². The lowest BCUT2D eigenvalue weighted by molar-refractivity contribution is 0.0574. The number of benzene rings is 1. The van der Waals surface area contributed by atoms with E-state index in [1.165, 1.54) is 5.56 Å². The van der Waals surface area contributed by atoms with Crippen LogP contribution in [0, 0.1) is 13.8 Å². The fourth-order valence-corrected chi connectivity index (χ4v) is 6.08. The van der Waals surface area contributed by atoms with Gasteiger partial charge in [0.15, 0.2) is 9.84 Å². The summed E-state index contributed by atoms with van der Waals surface area (Å²) < 4.78 is 31.8. The van der Waals surface area contributed by atoms with E-state index < -0.39 is 9.84 Å². The molecule has 2 unspecified atom stereocenters. The summed E-state index contributed by atoms with van der Waals surface area (Å²) >= 11 is 0. The second-order valence-corrected chi connectivity index (χ2v) is 10.4. The van der Waals surface area contributed by atoms with E-state index in [-0.39, 0.29) is 17.9 Å². The molecule has 0 amide bonds. The first kappa shape index (κ1) is 19.6. The summed E-state index contributed by atoms with van der Waals surface area (Å²) in [6.07, 6.45) is 3.10. The Morgan fingerprint density at radius 1 is 1.21 bits per heavy atom. The van der Waals surface area contributed by atoms with E-state index in [9.17, 15) is 8.42 Å². The van der Waals surface area contributed by atoms with Gasteiger partial charge in [-0.2, -0.15) is 5.10 Å². The van der Waals surface area contributed by atoms with Crippen molar-refractivity contribution in [2.75, 3.05) is 24.7 Å². The fraction of sp³-hybridized carbons (Fsp3) is 0.571. The lowest BCUT2D eigenvalue weighted by Crippen LogP contribution is -2.40. The summed E-state index contributed by atoms with van der Waals surface area (Å²) in [5.41, 5.74) is 4.35. The molecule has 0 saturated carbocycles. The highest BCUT2D eigenvalue weighted by Gasteiger charge is 2.34. The van der Waals surface area contributed by atoms with Crippen molar-refractivity contribution in [3.05, 3.63) is 47.3 Å². The van der Waals surface area contributed by atoms with Crippen molar-refractivity contribution in [3.63, 3.8) is 0 Å². The summed E-state index contributed by atoms with van der Waals surface area (Å²) in [6.45, 7) is 6.42. The van der Waals surface area contributed by atoms with Gasteiger partial charge in [-0.25, -0.2) is 13.1 Å². The quantitative estimate of drug-likeness (QED) is 0.742. The maximum Gasteiger partial charge on any atom is 0.151 e. The van der Waals surface area contributed by atoms with Gasteiger partial charge in [0.2, 0.25) is 0 Å². The van der Waals surface area contributed by atoms with Crippen LogP contribution in [0.1, 0.15) is 36.2 Å². The summed E-state index contributed by atoms with van der Waals surface area (Å²) in [5, 5.41) is 4.54. The molecule has 6 nitrogen and oxygen atoms in total. The van der Waals surface area contributed by atoms with Gasteiger partial charge in [-0.1, -0.05) is 12.1 Å². The zero-order valence-corrected chi connectivity index (χ0v) is 17.5. The number of rotatable bonds is 6. The van der Waals surface area contributed by atoms with E-state index in [4.69, 9.17) is 4.74 Å². The van der Waals surface area contributed by atoms with E-state index in [0.717, 1.165) is 56.0 Å². The third-order valence-corrected chi connectivity index (χ3v) is 7.51. The molecule has 2 aromatic rings. The standard InChI is InChI=1S/C21H29N3O3S/c1-16-12-17(2)24(22-16)19-7-5-18(6-8-19)13-23(14-21-4-3-10-27-21)20-9-11-28(25,26)15-20/h5-8,12,20-21H,3-4,9-11,13-15H2,1-2H3. The molecule has 152 valence electrons. The molecule has 2 aliphatic heterocycles. The van der Waals surface area contributed by atoms with Crippen LogP contribution in [0.3, 0.4) is 0 Å². The smallest absolute Gasteiger partial charge is 0.151 e. The van der Waals surface area contributed by atoms with E-state index in [1.54, 1.807) is 0 Å². The summed E-state index contributed by atoms with van der Waals surface area (Å²) in [5.74, 6) is 0.570. The van der Waals surface area contributed by atoms with Crippen LogP contribution in [0.2, 0.25) is 0 Å². The minimum absolute atomic E-state index is 0.0879. The monoisotopic (exact) mass is 403 g/mol. The first-order valence-corrected chi connectivity index (χ1v) is 11.9. The van der Waals surface area contributed by atoms with Crippen LogP contribution in [-0.4, -0.2) is 59.9 Å². The minimum atomic E-state index is -2.91. The van der Waals surface area contributed by atoms with Crippen molar-refractivity contribution in [2.24, 2.45) is 0 Å². The van der Waals surface area contributed by atoms with Crippen molar-refractivity contribution in [1.82, 2.24) is 14.7 Å². The highest BCUT2D eigenvalue weighted by atomic mass is 32.2. The fourth-order valence-electron chi connectivity index (χ4n) is 4.32. The third kappa shape index (κ3) is 4.47. The van der Waals surface area contributed by atoms with Gasteiger partial charge in [0.1, 0.15) is 0 Å². The van der Waals surface area contributed by atoms with Crippen molar-refractivity contribution in [3.8, 4) is 5.69 Å². The van der Waals surface area contributed by atoms with Gasteiger partial charge in [-0.05, 0) is 56.9 Å². The Balaban J connectivity index is 1.50. The normalized spacial score (nSPS) is 24.2. The molecule has 2 aliphatic rings. The molecule has 7 heteroatoms. The Morgan fingerprint density at radius 2 is 2.00 bits per heavy atom. The number of hydrogen-bond acceptors (Lipinski definition) is 5. The maximum absolute atomic E-state index is 12.0. The van der Waals surface area contributed by atoms with Crippen LogP contribution < -0.4 is 0 Å². The zero-order chi connectivity index (χ0) is 19.7. The summed E-state index contributed by atoms with van der Waals surface area (Å²) in [6, 6.07) is 10.6. The largest absolute Gasteiger partial charge is 0.377 e. The molecule has 28 heavy (non-hydrogen) atoms. The van der Waals surface area contributed by atoms with E-state index >= 15 is 0 Å². The molecule has 0 N–H and O–H groups in total. The van der Waals surface area contributed by atoms with Crippen molar-refractivity contribution in [1.29, 1.82) is 0 Å². The second-order valence-electron chi connectivity index (χ2n) is 8.13. The molecule has 0 aliphatic carbocycles. The van der Waals surface area contributed by atoms with Gasteiger partial charge in [0.05, 0.1) is 29.0 Å². The minimum Gasteiger partial charge on any atom is -0.377 e. The molecular weight excluding hydrogens is 374 g/mol. The number of sulfone groups is 1. The highest BCUT2D eigenvalue weighted by molar-refractivity contribution is 7.91. The number of aromatic nitrogens is 2. The van der Waals surface area contributed by atoms with Crippen molar-refractivity contribution in [2.45, 2.75) is 51.8 Å². The maximum atomic E-state index is 12.0.